The van der Waals surface area contributed by atoms with Crippen molar-refractivity contribution in [2.24, 2.45) is 0 Å². The number of nitrogens with zero attached hydrogens (tertiary/aromatic N) is 1. The molecular formula is C14H21BrN2O3. The van der Waals surface area contributed by atoms with E-state index in [2.05, 4.69) is 21.2 Å². The second kappa shape index (κ2) is 8.11. The molecule has 2 amide bonds. The van der Waals surface area contributed by atoms with Gasteiger partial charge in [-0.2, -0.15) is 0 Å². The predicted molar refractivity (Wildman–Crippen MR) is 83.3 cm³/mol. The lowest BCUT2D eigenvalue weighted by molar-refractivity contribution is 0.192. The Bertz CT molecular complexity index is 452. The fourth-order valence-corrected chi connectivity index (χ4v) is 2.17. The molecule has 0 aliphatic heterocycles. The Kier molecular flexibility index (Phi) is 6.81. The lowest BCUT2D eigenvalue weighted by Crippen LogP contribution is -2.36. The minimum absolute atomic E-state index is 0.0541. The molecule has 0 atom stereocenters. The summed E-state index contributed by atoms with van der Waals surface area (Å²) < 4.78 is 6.45. The smallest absolute Gasteiger partial charge is 0.321 e. The third-order valence-electron chi connectivity index (χ3n) is 2.53. The van der Waals surface area contributed by atoms with Gasteiger partial charge < -0.3 is 20.1 Å². The van der Waals surface area contributed by atoms with Gasteiger partial charge in [0.1, 0.15) is 5.75 Å². The molecule has 0 fully saturated rings. The monoisotopic (exact) mass is 344 g/mol. The van der Waals surface area contributed by atoms with Crippen LogP contribution in [0.1, 0.15) is 20.8 Å². The van der Waals surface area contributed by atoms with Gasteiger partial charge in [0, 0.05) is 29.3 Å². The molecule has 0 aromatic heterocycles. The van der Waals surface area contributed by atoms with Crippen LogP contribution in [0.15, 0.2) is 22.7 Å². The summed E-state index contributed by atoms with van der Waals surface area (Å²) >= 11 is 3.39. The van der Waals surface area contributed by atoms with E-state index >= 15 is 0 Å². The summed E-state index contributed by atoms with van der Waals surface area (Å²) in [5.74, 6) is 0.690. The van der Waals surface area contributed by atoms with Crippen LogP contribution in [0, 0.1) is 0 Å². The Balaban J connectivity index is 2.80. The van der Waals surface area contributed by atoms with E-state index in [4.69, 9.17) is 9.84 Å². The first-order chi connectivity index (χ1) is 9.46. The van der Waals surface area contributed by atoms with Gasteiger partial charge in [-0.15, -0.1) is 0 Å². The van der Waals surface area contributed by atoms with Crippen molar-refractivity contribution in [1.82, 2.24) is 4.90 Å². The topological polar surface area (TPSA) is 61.8 Å². The summed E-state index contributed by atoms with van der Waals surface area (Å²) in [6.45, 7) is 6.55. The number of urea groups is 1. The van der Waals surface area contributed by atoms with Crippen LogP contribution in [0.25, 0.3) is 0 Å². The van der Waals surface area contributed by atoms with Gasteiger partial charge in [-0.25, -0.2) is 4.79 Å². The molecule has 0 unspecified atom stereocenters. The lowest BCUT2D eigenvalue weighted by atomic mass is 10.3. The van der Waals surface area contributed by atoms with Crippen molar-refractivity contribution in [1.29, 1.82) is 0 Å². The van der Waals surface area contributed by atoms with Crippen molar-refractivity contribution in [2.75, 3.05) is 25.0 Å². The largest absolute Gasteiger partial charge is 0.491 e. The molecule has 1 aromatic carbocycles. The average molecular weight is 345 g/mol. The number of aliphatic hydroxyl groups excluding tert-OH is 1. The normalized spacial score (nSPS) is 10.5. The molecule has 5 nitrogen and oxygen atoms in total. The van der Waals surface area contributed by atoms with Crippen molar-refractivity contribution in [3.8, 4) is 5.75 Å². The van der Waals surface area contributed by atoms with Gasteiger partial charge >= 0.3 is 6.03 Å². The molecule has 1 aromatic rings. The van der Waals surface area contributed by atoms with Crippen LogP contribution >= 0.6 is 15.9 Å². The SMILES string of the molecule is CCN(CCO)C(=O)Nc1cc(Br)cc(OC(C)C)c1. The second-order valence-electron chi connectivity index (χ2n) is 4.58. The first-order valence-electron chi connectivity index (χ1n) is 6.60. The highest BCUT2D eigenvalue weighted by molar-refractivity contribution is 9.10. The maximum Gasteiger partial charge on any atom is 0.321 e. The Labute approximate surface area is 128 Å². The predicted octanol–water partition coefficient (Wildman–Crippen LogP) is 3.08. The lowest BCUT2D eigenvalue weighted by Gasteiger charge is -2.20. The number of benzene rings is 1. The molecule has 0 radical (unpaired) electrons. The zero-order chi connectivity index (χ0) is 15.1. The number of carbonyl (C=O) groups is 1. The van der Waals surface area contributed by atoms with E-state index in [1.54, 1.807) is 12.1 Å². The maximum absolute atomic E-state index is 12.0. The number of hydrogen-bond donors (Lipinski definition) is 2. The van der Waals surface area contributed by atoms with Gasteiger partial charge in [-0.1, -0.05) is 15.9 Å². The first kappa shape index (κ1) is 16.8. The maximum atomic E-state index is 12.0. The molecule has 6 heteroatoms. The number of hydrogen-bond acceptors (Lipinski definition) is 3. The van der Waals surface area contributed by atoms with Gasteiger partial charge in [-0.05, 0) is 32.9 Å². The summed E-state index contributed by atoms with van der Waals surface area (Å²) in [6, 6.07) is 5.18. The Morgan fingerprint density at radius 2 is 2.15 bits per heavy atom. The molecule has 0 bridgehead atoms. The quantitative estimate of drug-likeness (QED) is 0.833. The number of likely N-dealkylation sites (N-methyl/N-ethyl adjacent to an activating group) is 1. The average Bonchev–Trinajstić information content (AvgIpc) is 2.33. The van der Waals surface area contributed by atoms with Crippen LogP contribution in [0.3, 0.4) is 0 Å². The van der Waals surface area contributed by atoms with Crippen molar-refractivity contribution >= 4 is 27.6 Å². The molecule has 0 heterocycles. The Morgan fingerprint density at radius 3 is 2.70 bits per heavy atom. The summed E-state index contributed by atoms with van der Waals surface area (Å²) in [6.07, 6.45) is 0.0642. The minimum atomic E-state index is -0.241. The van der Waals surface area contributed by atoms with Crippen molar-refractivity contribution in [3.05, 3.63) is 22.7 Å². The Morgan fingerprint density at radius 1 is 1.45 bits per heavy atom. The number of nitrogens with one attached hydrogen (secondary N) is 1. The number of aliphatic hydroxyl groups is 1. The highest BCUT2D eigenvalue weighted by Crippen LogP contribution is 2.25. The molecule has 0 saturated carbocycles. The van der Waals surface area contributed by atoms with E-state index in [-0.39, 0.29) is 18.7 Å². The van der Waals surface area contributed by atoms with Crippen LogP contribution in [0.5, 0.6) is 5.75 Å². The zero-order valence-corrected chi connectivity index (χ0v) is 13.6. The number of carbonyl (C=O) groups excluding carboxylic acids is 1. The highest BCUT2D eigenvalue weighted by Gasteiger charge is 2.12. The van der Waals surface area contributed by atoms with E-state index in [0.29, 0.717) is 24.5 Å². The van der Waals surface area contributed by atoms with Gasteiger partial charge in [0.2, 0.25) is 0 Å². The third kappa shape index (κ3) is 5.38. The number of ether oxygens (including phenoxy) is 1. The number of halogens is 1. The van der Waals surface area contributed by atoms with Crippen molar-refractivity contribution in [2.45, 2.75) is 26.9 Å². The van der Waals surface area contributed by atoms with E-state index in [1.165, 1.54) is 4.90 Å². The first-order valence-corrected chi connectivity index (χ1v) is 7.39. The number of amides is 2. The molecule has 0 spiro atoms. The molecular weight excluding hydrogens is 324 g/mol. The second-order valence-corrected chi connectivity index (χ2v) is 5.49. The molecule has 20 heavy (non-hydrogen) atoms. The fraction of sp³-hybridized carbons (Fsp3) is 0.500. The van der Waals surface area contributed by atoms with Gasteiger partial charge in [0.15, 0.2) is 0 Å². The minimum Gasteiger partial charge on any atom is -0.491 e. The summed E-state index contributed by atoms with van der Waals surface area (Å²) in [5, 5.41) is 11.7. The zero-order valence-electron chi connectivity index (χ0n) is 12.0. The van der Waals surface area contributed by atoms with Crippen LogP contribution in [-0.2, 0) is 0 Å². The summed E-state index contributed by atoms with van der Waals surface area (Å²) in [5.41, 5.74) is 0.649. The number of rotatable bonds is 6. The van der Waals surface area contributed by atoms with Gasteiger partial charge in [-0.3, -0.25) is 0 Å². The van der Waals surface area contributed by atoms with E-state index in [0.717, 1.165) is 4.47 Å². The number of anilines is 1. The van der Waals surface area contributed by atoms with Crippen LogP contribution in [0.2, 0.25) is 0 Å². The van der Waals surface area contributed by atoms with Gasteiger partial charge in [0.05, 0.1) is 12.7 Å². The van der Waals surface area contributed by atoms with Crippen molar-refractivity contribution in [3.63, 3.8) is 0 Å². The fourth-order valence-electron chi connectivity index (χ4n) is 1.70. The molecule has 0 aliphatic rings. The summed E-state index contributed by atoms with van der Waals surface area (Å²) in [7, 11) is 0. The molecule has 0 saturated heterocycles. The van der Waals surface area contributed by atoms with E-state index in [1.807, 2.05) is 26.8 Å². The molecule has 1 rings (SSSR count). The third-order valence-corrected chi connectivity index (χ3v) is 2.99. The van der Waals surface area contributed by atoms with Crippen LogP contribution < -0.4 is 10.1 Å². The molecule has 2 N–H and O–H groups in total. The van der Waals surface area contributed by atoms with Crippen molar-refractivity contribution < 1.29 is 14.6 Å². The van der Waals surface area contributed by atoms with Gasteiger partial charge in [0.25, 0.3) is 0 Å². The summed E-state index contributed by atoms with van der Waals surface area (Å²) in [4.78, 5) is 13.6. The van der Waals surface area contributed by atoms with Crippen LogP contribution in [-0.4, -0.2) is 41.8 Å². The van der Waals surface area contributed by atoms with E-state index < -0.39 is 0 Å². The Hall–Kier alpha value is -1.27. The molecule has 0 aliphatic carbocycles. The molecule has 112 valence electrons. The highest BCUT2D eigenvalue weighted by atomic mass is 79.9. The van der Waals surface area contributed by atoms with E-state index in [9.17, 15) is 4.79 Å². The standard InChI is InChI=1S/C14H21BrN2O3/c1-4-17(5-6-18)14(19)16-12-7-11(15)8-13(9-12)20-10(2)3/h7-10,18H,4-6H2,1-3H3,(H,16,19). The van der Waals surface area contributed by atoms with Crippen LogP contribution in [0.4, 0.5) is 10.5 Å².